The van der Waals surface area contributed by atoms with Crippen LogP contribution >= 0.6 is 0 Å². The van der Waals surface area contributed by atoms with Crippen molar-refractivity contribution in [1.82, 2.24) is 19.4 Å². The van der Waals surface area contributed by atoms with Crippen molar-refractivity contribution in [3.05, 3.63) is 0 Å². The number of rotatable bonds is 4. The first-order valence-corrected chi connectivity index (χ1v) is 9.36. The number of amides is 1. The summed E-state index contributed by atoms with van der Waals surface area (Å²) in [5.74, 6) is 0.101. The van der Waals surface area contributed by atoms with Crippen LogP contribution < -0.4 is 5.32 Å². The number of hydrogen-bond donors (Lipinski definition) is 1. The van der Waals surface area contributed by atoms with E-state index in [0.29, 0.717) is 38.8 Å². The van der Waals surface area contributed by atoms with Crippen molar-refractivity contribution < 1.29 is 13.2 Å². The molecule has 1 N–H and O–H groups in total. The van der Waals surface area contributed by atoms with Gasteiger partial charge in [-0.15, -0.1) is 0 Å². The predicted octanol–water partition coefficient (Wildman–Crippen LogP) is -1.23. The van der Waals surface area contributed by atoms with E-state index >= 15 is 0 Å². The zero-order valence-corrected chi connectivity index (χ0v) is 13.7. The fraction of sp³-hybridized carbons (Fsp3) is 0.923. The fourth-order valence-corrected chi connectivity index (χ4v) is 3.79. The van der Waals surface area contributed by atoms with E-state index in [1.165, 1.54) is 10.6 Å². The molecular weight excluding hydrogens is 292 g/mol. The Morgan fingerprint density at radius 1 is 1.19 bits per heavy atom. The van der Waals surface area contributed by atoms with Gasteiger partial charge in [0.1, 0.15) is 0 Å². The summed E-state index contributed by atoms with van der Waals surface area (Å²) in [5.41, 5.74) is 0. The zero-order chi connectivity index (χ0) is 15.5. The highest BCUT2D eigenvalue weighted by atomic mass is 32.2. The number of likely N-dealkylation sites (N-methyl/N-ethyl adjacent to an activating group) is 1. The molecule has 0 unspecified atom stereocenters. The highest BCUT2D eigenvalue weighted by Crippen LogP contribution is 2.11. The highest BCUT2D eigenvalue weighted by molar-refractivity contribution is 7.88. The molecule has 0 aromatic carbocycles. The molecule has 0 atom stereocenters. The summed E-state index contributed by atoms with van der Waals surface area (Å²) < 4.78 is 24.3. The van der Waals surface area contributed by atoms with Crippen LogP contribution in [0.15, 0.2) is 0 Å². The van der Waals surface area contributed by atoms with Crippen molar-refractivity contribution in [2.75, 3.05) is 59.1 Å². The van der Waals surface area contributed by atoms with Crippen LogP contribution in [-0.2, 0) is 14.8 Å². The van der Waals surface area contributed by atoms with Gasteiger partial charge in [-0.05, 0) is 33.0 Å². The Labute approximate surface area is 127 Å². The van der Waals surface area contributed by atoms with E-state index < -0.39 is 10.0 Å². The molecule has 1 amide bonds. The predicted molar refractivity (Wildman–Crippen MR) is 81.5 cm³/mol. The van der Waals surface area contributed by atoms with Crippen LogP contribution in [0.4, 0.5) is 0 Å². The minimum atomic E-state index is -3.14. The Morgan fingerprint density at radius 2 is 1.76 bits per heavy atom. The molecule has 122 valence electrons. The van der Waals surface area contributed by atoms with Crippen LogP contribution in [0, 0.1) is 0 Å². The molecule has 21 heavy (non-hydrogen) atoms. The third kappa shape index (κ3) is 4.64. The zero-order valence-electron chi connectivity index (χ0n) is 12.9. The summed E-state index contributed by atoms with van der Waals surface area (Å²) in [7, 11) is -1.14. The van der Waals surface area contributed by atoms with E-state index in [9.17, 15) is 13.2 Å². The molecule has 2 fully saturated rings. The van der Waals surface area contributed by atoms with E-state index in [4.69, 9.17) is 0 Å². The standard InChI is InChI=1S/C13H26N4O3S/c1-15(12-3-5-14-6-4-12)11-13(18)16-7-9-17(10-8-16)21(2,19)20/h12,14H,3-11H2,1-2H3. The molecule has 2 rings (SSSR count). The summed E-state index contributed by atoms with van der Waals surface area (Å²) in [6, 6.07) is 0.465. The van der Waals surface area contributed by atoms with Gasteiger partial charge >= 0.3 is 0 Å². The minimum Gasteiger partial charge on any atom is -0.339 e. The topological polar surface area (TPSA) is 73.0 Å². The lowest BCUT2D eigenvalue weighted by Crippen LogP contribution is -2.53. The first-order chi connectivity index (χ1) is 9.88. The van der Waals surface area contributed by atoms with Crippen molar-refractivity contribution in [3.63, 3.8) is 0 Å². The number of carbonyl (C=O) groups is 1. The molecule has 2 aliphatic rings. The summed E-state index contributed by atoms with van der Waals surface area (Å²) in [6.07, 6.45) is 3.37. The monoisotopic (exact) mass is 318 g/mol. The molecule has 0 aliphatic carbocycles. The molecule has 0 spiro atoms. The van der Waals surface area contributed by atoms with Crippen molar-refractivity contribution in [1.29, 1.82) is 0 Å². The third-order valence-corrected chi connectivity index (χ3v) is 5.68. The number of nitrogens with zero attached hydrogens (tertiary/aromatic N) is 3. The molecule has 0 bridgehead atoms. The van der Waals surface area contributed by atoms with Crippen molar-refractivity contribution >= 4 is 15.9 Å². The number of sulfonamides is 1. The van der Waals surface area contributed by atoms with Gasteiger partial charge in [-0.25, -0.2) is 8.42 Å². The van der Waals surface area contributed by atoms with Crippen LogP contribution in [0.25, 0.3) is 0 Å². The normalized spacial score (nSPS) is 22.7. The SMILES string of the molecule is CN(CC(=O)N1CCN(S(C)(=O)=O)CC1)C1CCNCC1. The van der Waals surface area contributed by atoms with Crippen LogP contribution in [0.1, 0.15) is 12.8 Å². The van der Waals surface area contributed by atoms with Crippen molar-refractivity contribution in [2.45, 2.75) is 18.9 Å². The van der Waals surface area contributed by atoms with E-state index in [1.807, 2.05) is 7.05 Å². The maximum absolute atomic E-state index is 12.3. The lowest BCUT2D eigenvalue weighted by atomic mass is 10.1. The number of nitrogens with one attached hydrogen (secondary N) is 1. The second-order valence-corrected chi connectivity index (χ2v) is 7.92. The average Bonchev–Trinajstić information content (AvgIpc) is 2.47. The molecule has 0 saturated carbocycles. The molecule has 2 saturated heterocycles. The maximum atomic E-state index is 12.3. The second kappa shape index (κ2) is 7.04. The van der Waals surface area contributed by atoms with Crippen LogP contribution in [0.3, 0.4) is 0 Å². The number of carbonyl (C=O) groups excluding carboxylic acids is 1. The highest BCUT2D eigenvalue weighted by Gasteiger charge is 2.27. The Kier molecular flexibility index (Phi) is 5.59. The molecule has 0 aromatic rings. The van der Waals surface area contributed by atoms with E-state index in [2.05, 4.69) is 10.2 Å². The lowest BCUT2D eigenvalue weighted by molar-refractivity contribution is -0.133. The summed E-state index contributed by atoms with van der Waals surface area (Å²) in [5, 5.41) is 3.32. The maximum Gasteiger partial charge on any atom is 0.236 e. The van der Waals surface area contributed by atoms with E-state index in [0.717, 1.165) is 25.9 Å². The van der Waals surface area contributed by atoms with E-state index in [-0.39, 0.29) is 5.91 Å². The summed E-state index contributed by atoms with van der Waals surface area (Å²) in [6.45, 7) is 4.23. The molecule has 2 aliphatic heterocycles. The van der Waals surface area contributed by atoms with E-state index in [1.54, 1.807) is 4.90 Å². The first kappa shape index (κ1) is 16.7. The van der Waals surface area contributed by atoms with Gasteiger partial charge in [-0.3, -0.25) is 9.69 Å². The first-order valence-electron chi connectivity index (χ1n) is 7.52. The Balaban J connectivity index is 1.79. The van der Waals surface area contributed by atoms with Gasteiger partial charge in [0.25, 0.3) is 0 Å². The van der Waals surface area contributed by atoms with Gasteiger partial charge in [0.2, 0.25) is 15.9 Å². The molecular formula is C13H26N4O3S. The van der Waals surface area contributed by atoms with Crippen LogP contribution in [-0.4, -0.2) is 93.6 Å². The van der Waals surface area contributed by atoms with Gasteiger partial charge in [0.05, 0.1) is 12.8 Å². The van der Waals surface area contributed by atoms with Gasteiger partial charge < -0.3 is 10.2 Å². The molecule has 0 radical (unpaired) electrons. The second-order valence-electron chi connectivity index (χ2n) is 5.94. The van der Waals surface area contributed by atoms with Crippen LogP contribution in [0.5, 0.6) is 0 Å². The van der Waals surface area contributed by atoms with Gasteiger partial charge in [0.15, 0.2) is 0 Å². The smallest absolute Gasteiger partial charge is 0.236 e. The molecule has 7 nitrogen and oxygen atoms in total. The lowest BCUT2D eigenvalue weighted by Gasteiger charge is -2.36. The molecule has 2 heterocycles. The largest absolute Gasteiger partial charge is 0.339 e. The molecule has 8 heteroatoms. The summed E-state index contributed by atoms with van der Waals surface area (Å²) in [4.78, 5) is 16.2. The third-order valence-electron chi connectivity index (χ3n) is 4.38. The Hall–Kier alpha value is -0.700. The van der Waals surface area contributed by atoms with Crippen molar-refractivity contribution in [3.8, 4) is 0 Å². The van der Waals surface area contributed by atoms with Gasteiger partial charge in [-0.1, -0.05) is 0 Å². The Bertz CT molecular complexity index is 454. The number of piperidine rings is 1. The quantitative estimate of drug-likeness (QED) is 0.703. The number of piperazine rings is 1. The Morgan fingerprint density at radius 3 is 2.29 bits per heavy atom. The van der Waals surface area contributed by atoms with Crippen molar-refractivity contribution in [2.24, 2.45) is 0 Å². The fourth-order valence-electron chi connectivity index (χ4n) is 2.96. The molecule has 0 aromatic heterocycles. The minimum absolute atomic E-state index is 0.101. The van der Waals surface area contributed by atoms with Gasteiger partial charge in [0, 0.05) is 32.2 Å². The van der Waals surface area contributed by atoms with Gasteiger partial charge in [-0.2, -0.15) is 4.31 Å². The number of hydrogen-bond acceptors (Lipinski definition) is 5. The average molecular weight is 318 g/mol. The van der Waals surface area contributed by atoms with Crippen LogP contribution in [0.2, 0.25) is 0 Å². The summed E-state index contributed by atoms with van der Waals surface area (Å²) >= 11 is 0.